The van der Waals surface area contributed by atoms with Gasteiger partial charge in [-0.15, -0.1) is 11.8 Å². The van der Waals surface area contributed by atoms with Crippen LogP contribution >= 0.6 is 11.8 Å². The lowest BCUT2D eigenvalue weighted by atomic mass is 10.1. The number of carbonyl (C=O) groups is 2. The van der Waals surface area contributed by atoms with E-state index in [1.165, 1.54) is 11.8 Å². The van der Waals surface area contributed by atoms with Crippen molar-refractivity contribution < 1.29 is 19.4 Å². The van der Waals surface area contributed by atoms with Crippen LogP contribution in [0.2, 0.25) is 0 Å². The zero-order valence-electron chi connectivity index (χ0n) is 11.3. The molecule has 0 heterocycles. The molecule has 4 nitrogen and oxygen atoms in total. The lowest BCUT2D eigenvalue weighted by Crippen LogP contribution is -2.19. The van der Waals surface area contributed by atoms with Crippen molar-refractivity contribution in [2.24, 2.45) is 0 Å². The molecule has 0 amide bonds. The van der Waals surface area contributed by atoms with Gasteiger partial charge < -0.3 is 9.84 Å². The highest BCUT2D eigenvalue weighted by molar-refractivity contribution is 8.00. The van der Waals surface area contributed by atoms with Crippen LogP contribution < -0.4 is 0 Å². The highest BCUT2D eigenvalue weighted by atomic mass is 32.2. The van der Waals surface area contributed by atoms with E-state index in [1.807, 2.05) is 13.8 Å². The van der Waals surface area contributed by atoms with Crippen molar-refractivity contribution in [3.05, 3.63) is 29.3 Å². The first-order chi connectivity index (χ1) is 8.99. The van der Waals surface area contributed by atoms with Crippen LogP contribution in [0.3, 0.4) is 0 Å². The molecule has 19 heavy (non-hydrogen) atoms. The van der Waals surface area contributed by atoms with Gasteiger partial charge in [0.25, 0.3) is 0 Å². The van der Waals surface area contributed by atoms with Crippen LogP contribution in [0.25, 0.3) is 0 Å². The number of aryl methyl sites for hydroxylation is 1. The molecule has 5 heteroatoms. The summed E-state index contributed by atoms with van der Waals surface area (Å²) in [5.41, 5.74) is 1.18. The standard InChI is InChI=1S/C14H18O4S/c1-4-11(14(17)18-5-2)19-12-8-10(13(15)16)7-6-9(12)3/h6-8,11H,4-5H2,1-3H3,(H,15,16). The average molecular weight is 282 g/mol. The smallest absolute Gasteiger partial charge is 0.335 e. The normalized spacial score (nSPS) is 11.9. The van der Waals surface area contributed by atoms with E-state index in [0.717, 1.165) is 10.5 Å². The van der Waals surface area contributed by atoms with Crippen LogP contribution in [0.5, 0.6) is 0 Å². The summed E-state index contributed by atoms with van der Waals surface area (Å²) in [6, 6.07) is 4.92. The third-order valence-electron chi connectivity index (χ3n) is 2.62. The third-order valence-corrected chi connectivity index (χ3v) is 4.13. The fraction of sp³-hybridized carbons (Fsp3) is 0.429. The van der Waals surface area contributed by atoms with Crippen LogP contribution in [0.1, 0.15) is 36.2 Å². The number of carboxylic acids is 1. The van der Waals surface area contributed by atoms with Gasteiger partial charge in [0.05, 0.1) is 12.2 Å². The summed E-state index contributed by atoms with van der Waals surface area (Å²) >= 11 is 1.36. The van der Waals surface area contributed by atoms with Crippen molar-refractivity contribution in [1.82, 2.24) is 0 Å². The fourth-order valence-corrected chi connectivity index (χ4v) is 2.63. The molecule has 0 radical (unpaired) electrons. The number of carboxylic acid groups (broad SMARTS) is 1. The fourth-order valence-electron chi connectivity index (χ4n) is 1.55. The molecule has 0 aliphatic rings. The Hall–Kier alpha value is -1.49. The predicted octanol–water partition coefficient (Wildman–Crippen LogP) is 3.13. The topological polar surface area (TPSA) is 63.6 Å². The molecule has 1 unspecified atom stereocenters. The number of aromatic carboxylic acids is 1. The van der Waals surface area contributed by atoms with E-state index >= 15 is 0 Å². The second kappa shape index (κ2) is 7.19. The molecule has 0 saturated carbocycles. The van der Waals surface area contributed by atoms with Crippen LogP contribution in [0.4, 0.5) is 0 Å². The Morgan fingerprint density at radius 1 is 1.37 bits per heavy atom. The first kappa shape index (κ1) is 15.6. The summed E-state index contributed by atoms with van der Waals surface area (Å²) in [6.07, 6.45) is 0.639. The van der Waals surface area contributed by atoms with E-state index in [1.54, 1.807) is 25.1 Å². The van der Waals surface area contributed by atoms with Crippen molar-refractivity contribution >= 4 is 23.7 Å². The van der Waals surface area contributed by atoms with E-state index < -0.39 is 5.97 Å². The summed E-state index contributed by atoms with van der Waals surface area (Å²) in [5, 5.41) is 8.68. The number of hydrogen-bond acceptors (Lipinski definition) is 4. The van der Waals surface area contributed by atoms with Gasteiger partial charge in [0.15, 0.2) is 0 Å². The Balaban J connectivity index is 2.93. The first-order valence-corrected chi connectivity index (χ1v) is 7.04. The Morgan fingerprint density at radius 2 is 2.05 bits per heavy atom. The Labute approximate surface area is 117 Å². The van der Waals surface area contributed by atoms with Gasteiger partial charge in [-0.2, -0.15) is 0 Å². The maximum absolute atomic E-state index is 11.7. The van der Waals surface area contributed by atoms with Crippen LogP contribution in [-0.2, 0) is 9.53 Å². The molecule has 104 valence electrons. The van der Waals surface area contributed by atoms with E-state index in [0.29, 0.717) is 13.0 Å². The molecule has 0 saturated heterocycles. The van der Waals surface area contributed by atoms with Gasteiger partial charge in [0.1, 0.15) is 5.25 Å². The molecule has 1 atom stereocenters. The van der Waals surface area contributed by atoms with Gasteiger partial charge in [-0.05, 0) is 38.0 Å². The van der Waals surface area contributed by atoms with E-state index in [-0.39, 0.29) is 16.8 Å². The second-order valence-corrected chi connectivity index (χ2v) is 5.30. The predicted molar refractivity (Wildman–Crippen MR) is 74.7 cm³/mol. The number of ether oxygens (including phenoxy) is 1. The third kappa shape index (κ3) is 4.28. The maximum Gasteiger partial charge on any atom is 0.335 e. The van der Waals surface area contributed by atoms with Crippen LogP contribution in [0.15, 0.2) is 23.1 Å². The quantitative estimate of drug-likeness (QED) is 0.641. The molecule has 0 fully saturated rings. The monoisotopic (exact) mass is 282 g/mol. The summed E-state index contributed by atoms with van der Waals surface area (Å²) in [5.74, 6) is -1.22. The molecule has 0 aliphatic carbocycles. The molecule has 0 aliphatic heterocycles. The van der Waals surface area contributed by atoms with E-state index in [2.05, 4.69) is 0 Å². The Kier molecular flexibility index (Phi) is 5.89. The SMILES string of the molecule is CCOC(=O)C(CC)Sc1cc(C(=O)O)ccc1C. The van der Waals surface area contributed by atoms with Gasteiger partial charge in [0.2, 0.25) is 0 Å². The van der Waals surface area contributed by atoms with E-state index in [9.17, 15) is 9.59 Å². The zero-order chi connectivity index (χ0) is 14.4. The van der Waals surface area contributed by atoms with Crippen molar-refractivity contribution in [3.63, 3.8) is 0 Å². The molecule has 0 aromatic heterocycles. The van der Waals surface area contributed by atoms with Crippen molar-refractivity contribution in [1.29, 1.82) is 0 Å². The van der Waals surface area contributed by atoms with Crippen molar-refractivity contribution in [2.75, 3.05) is 6.61 Å². The minimum Gasteiger partial charge on any atom is -0.478 e. The number of thioether (sulfide) groups is 1. The largest absolute Gasteiger partial charge is 0.478 e. The first-order valence-electron chi connectivity index (χ1n) is 6.16. The summed E-state index contributed by atoms with van der Waals surface area (Å²) in [6.45, 7) is 5.92. The van der Waals surface area contributed by atoms with Gasteiger partial charge in [0, 0.05) is 4.90 Å². The van der Waals surface area contributed by atoms with Gasteiger partial charge in [-0.3, -0.25) is 4.79 Å². The number of rotatable bonds is 6. The van der Waals surface area contributed by atoms with Gasteiger partial charge in [-0.1, -0.05) is 13.0 Å². The minimum atomic E-state index is -0.967. The minimum absolute atomic E-state index is 0.229. The highest BCUT2D eigenvalue weighted by Crippen LogP contribution is 2.30. The molecule has 1 rings (SSSR count). The molecule has 0 spiro atoms. The Morgan fingerprint density at radius 3 is 2.58 bits per heavy atom. The molecule has 1 aromatic rings. The summed E-state index contributed by atoms with van der Waals surface area (Å²) < 4.78 is 5.01. The van der Waals surface area contributed by atoms with Crippen molar-refractivity contribution in [3.8, 4) is 0 Å². The summed E-state index contributed by atoms with van der Waals surface area (Å²) in [4.78, 5) is 23.5. The van der Waals surface area contributed by atoms with Crippen LogP contribution in [0, 0.1) is 6.92 Å². The van der Waals surface area contributed by atoms with Gasteiger partial charge in [-0.25, -0.2) is 4.79 Å². The molecule has 1 aromatic carbocycles. The highest BCUT2D eigenvalue weighted by Gasteiger charge is 2.20. The maximum atomic E-state index is 11.7. The average Bonchev–Trinajstić information content (AvgIpc) is 2.37. The molecular formula is C14H18O4S. The van der Waals surface area contributed by atoms with Gasteiger partial charge >= 0.3 is 11.9 Å². The van der Waals surface area contributed by atoms with Crippen molar-refractivity contribution in [2.45, 2.75) is 37.3 Å². The number of benzene rings is 1. The molecule has 0 bridgehead atoms. The van der Waals surface area contributed by atoms with Crippen LogP contribution in [-0.4, -0.2) is 28.9 Å². The molecular weight excluding hydrogens is 264 g/mol. The number of hydrogen-bond donors (Lipinski definition) is 1. The lowest BCUT2D eigenvalue weighted by Gasteiger charge is -2.15. The molecule has 1 N–H and O–H groups in total. The number of esters is 1. The number of carbonyl (C=O) groups excluding carboxylic acids is 1. The Bertz CT molecular complexity index is 471. The summed E-state index contributed by atoms with van der Waals surface area (Å²) in [7, 11) is 0. The zero-order valence-corrected chi connectivity index (χ0v) is 12.1. The van der Waals surface area contributed by atoms with E-state index in [4.69, 9.17) is 9.84 Å². The second-order valence-electron chi connectivity index (χ2n) is 4.05. The lowest BCUT2D eigenvalue weighted by molar-refractivity contribution is -0.142.